The lowest BCUT2D eigenvalue weighted by molar-refractivity contribution is -0.135. The molecule has 1 aromatic carbocycles. The molecule has 0 bridgehead atoms. The molecular weight excluding hydrogens is 330 g/mol. The minimum atomic E-state index is -2.90. The smallest absolute Gasteiger partial charge is 0.387 e. The number of rotatable bonds is 5. The Morgan fingerprint density at radius 2 is 1.84 bits per heavy atom. The fourth-order valence-electron chi connectivity index (χ4n) is 3.10. The molecule has 1 saturated heterocycles. The van der Waals surface area contributed by atoms with Gasteiger partial charge in [0.25, 0.3) is 0 Å². The molecule has 0 atom stereocenters. The molecule has 3 rings (SSSR count). The number of aryl methyl sites for hydroxylation is 1. The molecule has 1 aromatic rings. The average Bonchev–Trinajstić information content (AvgIpc) is 3.42. The number of likely N-dealkylation sites (tertiary alicyclic amines) is 1. The number of ether oxygens (including phenoxy) is 1. The van der Waals surface area contributed by atoms with E-state index >= 15 is 0 Å². The van der Waals surface area contributed by atoms with Gasteiger partial charge < -0.3 is 15.0 Å². The van der Waals surface area contributed by atoms with Crippen molar-refractivity contribution in [1.82, 2.24) is 4.90 Å². The Balaban J connectivity index is 1.55. The van der Waals surface area contributed by atoms with E-state index in [-0.39, 0.29) is 29.4 Å². The van der Waals surface area contributed by atoms with Crippen LogP contribution in [0, 0.1) is 18.8 Å². The van der Waals surface area contributed by atoms with Gasteiger partial charge in [0, 0.05) is 36.7 Å². The highest BCUT2D eigenvalue weighted by molar-refractivity contribution is 5.93. The Morgan fingerprint density at radius 3 is 2.44 bits per heavy atom. The Kier molecular flexibility index (Phi) is 5.20. The molecule has 5 nitrogen and oxygen atoms in total. The maximum absolute atomic E-state index is 12.4. The highest BCUT2D eigenvalue weighted by atomic mass is 19.3. The Morgan fingerprint density at radius 1 is 1.16 bits per heavy atom. The SMILES string of the molecule is Cc1ccc(NC(=O)C2CCN(C(=O)C3CC3)CC2)cc1OC(F)F. The highest BCUT2D eigenvalue weighted by Gasteiger charge is 2.35. The van der Waals surface area contributed by atoms with Crippen molar-refractivity contribution in [2.45, 2.75) is 39.2 Å². The number of carbonyl (C=O) groups is 2. The van der Waals surface area contributed by atoms with Gasteiger partial charge in [0.15, 0.2) is 0 Å². The molecular formula is C18H22F2N2O3. The molecule has 1 aliphatic heterocycles. The standard InChI is InChI=1S/C18H22F2N2O3/c1-11-2-5-14(10-15(11)25-18(19)20)21-16(23)12-6-8-22(9-7-12)17(24)13-3-4-13/h2,5,10,12-13,18H,3-4,6-9H2,1H3,(H,21,23). The average molecular weight is 352 g/mol. The summed E-state index contributed by atoms with van der Waals surface area (Å²) >= 11 is 0. The second-order valence-corrected chi connectivity index (χ2v) is 6.72. The first kappa shape index (κ1) is 17.6. The zero-order chi connectivity index (χ0) is 18.0. The monoisotopic (exact) mass is 352 g/mol. The van der Waals surface area contributed by atoms with Crippen molar-refractivity contribution in [2.75, 3.05) is 18.4 Å². The molecule has 136 valence electrons. The molecule has 1 aliphatic carbocycles. The van der Waals surface area contributed by atoms with Crippen molar-refractivity contribution >= 4 is 17.5 Å². The third kappa shape index (κ3) is 4.46. The summed E-state index contributed by atoms with van der Waals surface area (Å²) in [5.41, 5.74) is 1.01. The normalized spacial score (nSPS) is 18.3. The number of anilines is 1. The van der Waals surface area contributed by atoms with E-state index in [9.17, 15) is 18.4 Å². The number of hydrogen-bond donors (Lipinski definition) is 1. The number of amides is 2. The Labute approximate surface area is 145 Å². The van der Waals surface area contributed by atoms with Crippen molar-refractivity contribution in [1.29, 1.82) is 0 Å². The highest BCUT2D eigenvalue weighted by Crippen LogP contribution is 2.32. The van der Waals surface area contributed by atoms with Gasteiger partial charge in [-0.3, -0.25) is 9.59 Å². The van der Waals surface area contributed by atoms with E-state index in [1.807, 2.05) is 4.90 Å². The second-order valence-electron chi connectivity index (χ2n) is 6.72. The molecule has 2 fully saturated rings. The maximum atomic E-state index is 12.4. The number of hydrogen-bond acceptors (Lipinski definition) is 3. The van der Waals surface area contributed by atoms with Crippen LogP contribution in [0.15, 0.2) is 18.2 Å². The van der Waals surface area contributed by atoms with E-state index in [2.05, 4.69) is 10.1 Å². The maximum Gasteiger partial charge on any atom is 0.387 e. The van der Waals surface area contributed by atoms with Crippen LogP contribution in [0.4, 0.5) is 14.5 Å². The molecule has 2 aliphatic rings. The summed E-state index contributed by atoms with van der Waals surface area (Å²) in [4.78, 5) is 26.3. The fraction of sp³-hybridized carbons (Fsp3) is 0.556. The molecule has 1 saturated carbocycles. The quantitative estimate of drug-likeness (QED) is 0.885. The lowest BCUT2D eigenvalue weighted by Gasteiger charge is -2.31. The molecule has 0 radical (unpaired) electrons. The number of alkyl halides is 2. The molecule has 0 spiro atoms. The molecule has 2 amide bonds. The topological polar surface area (TPSA) is 58.6 Å². The first-order valence-electron chi connectivity index (χ1n) is 8.59. The summed E-state index contributed by atoms with van der Waals surface area (Å²) in [6.07, 6.45) is 3.21. The van der Waals surface area contributed by atoms with Gasteiger partial charge in [-0.05, 0) is 44.2 Å². The van der Waals surface area contributed by atoms with Crippen LogP contribution >= 0.6 is 0 Å². The van der Waals surface area contributed by atoms with Gasteiger partial charge in [-0.2, -0.15) is 8.78 Å². The van der Waals surface area contributed by atoms with Crippen LogP contribution in [0.2, 0.25) is 0 Å². The van der Waals surface area contributed by atoms with E-state index in [1.54, 1.807) is 19.1 Å². The molecule has 0 aromatic heterocycles. The number of nitrogens with zero attached hydrogens (tertiary/aromatic N) is 1. The summed E-state index contributed by atoms with van der Waals surface area (Å²) in [5.74, 6) is 0.143. The van der Waals surface area contributed by atoms with Crippen LogP contribution in [0.5, 0.6) is 5.75 Å². The van der Waals surface area contributed by atoms with Crippen LogP contribution in [-0.2, 0) is 9.59 Å². The van der Waals surface area contributed by atoms with E-state index in [0.717, 1.165) is 12.8 Å². The zero-order valence-electron chi connectivity index (χ0n) is 14.1. The van der Waals surface area contributed by atoms with Crippen LogP contribution in [0.1, 0.15) is 31.2 Å². The number of benzene rings is 1. The van der Waals surface area contributed by atoms with Crippen molar-refractivity contribution < 1.29 is 23.1 Å². The Bertz CT molecular complexity index is 654. The summed E-state index contributed by atoms with van der Waals surface area (Å²) in [6, 6.07) is 4.70. The minimum Gasteiger partial charge on any atom is -0.434 e. The van der Waals surface area contributed by atoms with Gasteiger partial charge in [0.1, 0.15) is 5.75 Å². The van der Waals surface area contributed by atoms with Crippen LogP contribution in [-0.4, -0.2) is 36.4 Å². The van der Waals surface area contributed by atoms with Gasteiger partial charge in [-0.1, -0.05) is 6.07 Å². The van der Waals surface area contributed by atoms with Crippen molar-refractivity contribution in [3.05, 3.63) is 23.8 Å². The molecule has 7 heteroatoms. The van der Waals surface area contributed by atoms with E-state index in [4.69, 9.17) is 0 Å². The van der Waals surface area contributed by atoms with Gasteiger partial charge in [-0.25, -0.2) is 0 Å². The largest absolute Gasteiger partial charge is 0.434 e. The molecule has 1 N–H and O–H groups in total. The zero-order valence-corrected chi connectivity index (χ0v) is 14.1. The van der Waals surface area contributed by atoms with Gasteiger partial charge in [0.2, 0.25) is 11.8 Å². The molecule has 1 heterocycles. The third-order valence-electron chi connectivity index (χ3n) is 4.78. The number of carbonyl (C=O) groups excluding carboxylic acids is 2. The van der Waals surface area contributed by atoms with Gasteiger partial charge in [0.05, 0.1) is 0 Å². The van der Waals surface area contributed by atoms with Crippen LogP contribution < -0.4 is 10.1 Å². The first-order chi connectivity index (χ1) is 11.9. The third-order valence-corrected chi connectivity index (χ3v) is 4.78. The lowest BCUT2D eigenvalue weighted by atomic mass is 9.95. The Hall–Kier alpha value is -2.18. The lowest BCUT2D eigenvalue weighted by Crippen LogP contribution is -2.42. The predicted molar refractivity (Wildman–Crippen MR) is 88.5 cm³/mol. The summed E-state index contributed by atoms with van der Waals surface area (Å²) in [5, 5.41) is 2.76. The van der Waals surface area contributed by atoms with Gasteiger partial charge >= 0.3 is 6.61 Å². The predicted octanol–water partition coefficient (Wildman–Crippen LogP) is 3.18. The summed E-state index contributed by atoms with van der Waals surface area (Å²) in [7, 11) is 0. The second kappa shape index (κ2) is 7.37. The van der Waals surface area contributed by atoms with E-state index in [0.29, 0.717) is 37.2 Å². The number of nitrogens with one attached hydrogen (secondary N) is 1. The van der Waals surface area contributed by atoms with Crippen LogP contribution in [0.25, 0.3) is 0 Å². The van der Waals surface area contributed by atoms with Crippen molar-refractivity contribution in [2.24, 2.45) is 11.8 Å². The first-order valence-corrected chi connectivity index (χ1v) is 8.59. The van der Waals surface area contributed by atoms with E-state index in [1.165, 1.54) is 6.07 Å². The van der Waals surface area contributed by atoms with Crippen molar-refractivity contribution in [3.63, 3.8) is 0 Å². The van der Waals surface area contributed by atoms with E-state index < -0.39 is 6.61 Å². The molecule has 25 heavy (non-hydrogen) atoms. The van der Waals surface area contributed by atoms with Crippen LogP contribution in [0.3, 0.4) is 0 Å². The summed E-state index contributed by atoms with van der Waals surface area (Å²) in [6.45, 7) is -0.0455. The minimum absolute atomic E-state index is 0.0534. The summed E-state index contributed by atoms with van der Waals surface area (Å²) < 4.78 is 29.3. The van der Waals surface area contributed by atoms with Crippen molar-refractivity contribution in [3.8, 4) is 5.75 Å². The van der Waals surface area contributed by atoms with Gasteiger partial charge in [-0.15, -0.1) is 0 Å². The number of piperidine rings is 1. The fourth-order valence-corrected chi connectivity index (χ4v) is 3.10. The number of halogens is 2. The molecule has 0 unspecified atom stereocenters.